The molecule has 0 saturated carbocycles. The first-order valence-electron chi connectivity index (χ1n) is 10.6. The van der Waals surface area contributed by atoms with E-state index in [1.807, 2.05) is 0 Å². The van der Waals surface area contributed by atoms with Crippen LogP contribution in [0.5, 0.6) is 0 Å². The van der Waals surface area contributed by atoms with Gasteiger partial charge in [-0.2, -0.15) is 8.78 Å². The molecule has 0 aromatic heterocycles. The third-order valence-corrected chi connectivity index (χ3v) is 7.41. The first kappa shape index (κ1) is 29.4. The van der Waals surface area contributed by atoms with Gasteiger partial charge in [-0.15, -0.1) is 0 Å². The van der Waals surface area contributed by atoms with Crippen molar-refractivity contribution in [2.75, 3.05) is 33.5 Å². The Hall–Kier alpha value is -2.83. The molecule has 194 valence electrons. The molecule has 11 heteroatoms. The Morgan fingerprint density at radius 2 is 1.17 bits per heavy atom. The predicted molar refractivity (Wildman–Crippen MR) is 130 cm³/mol. The van der Waals surface area contributed by atoms with E-state index in [9.17, 15) is 26.5 Å². The highest BCUT2D eigenvalue weighted by molar-refractivity contribution is 7.97. The molecule has 3 aromatic carbocycles. The van der Waals surface area contributed by atoms with E-state index in [2.05, 4.69) is 100 Å². The van der Waals surface area contributed by atoms with Crippen LogP contribution >= 0.6 is 0 Å². The second kappa shape index (κ2) is 14.7. The molecular formula is C25H26F2O7S2. The highest BCUT2D eigenvalue weighted by atomic mass is 32.2. The fraction of sp³-hybridized carbons (Fsp3) is 0.240. The summed E-state index contributed by atoms with van der Waals surface area (Å²) in [6.45, 7) is -0.388. The molecule has 0 atom stereocenters. The summed E-state index contributed by atoms with van der Waals surface area (Å²) in [5, 5.41) is -5.08. The minimum absolute atomic E-state index is 0.0146. The number of methoxy groups -OCH3 is 1. The third-order valence-electron chi connectivity index (χ3n) is 4.38. The molecule has 3 aromatic rings. The van der Waals surface area contributed by atoms with Gasteiger partial charge in [0.25, 0.3) is 0 Å². The van der Waals surface area contributed by atoms with Crippen LogP contribution in [0.1, 0.15) is 0 Å². The zero-order valence-corrected chi connectivity index (χ0v) is 21.1. The van der Waals surface area contributed by atoms with Gasteiger partial charge in [0.2, 0.25) is 0 Å². The normalized spacial score (nSPS) is 11.5. The van der Waals surface area contributed by atoms with E-state index in [0.717, 1.165) is 0 Å². The summed E-state index contributed by atoms with van der Waals surface area (Å²) in [6.07, 6.45) is 0. The van der Waals surface area contributed by atoms with Crippen LogP contribution in [0.15, 0.2) is 106 Å². The van der Waals surface area contributed by atoms with E-state index in [-0.39, 0.29) is 30.7 Å². The van der Waals surface area contributed by atoms with Crippen LogP contribution in [0.3, 0.4) is 0 Å². The fourth-order valence-electron chi connectivity index (χ4n) is 2.70. The SMILES string of the molecule is COCCOCCOC(=O)C(F)(F)S(=O)(=O)[O-].c1ccc([S+](c2ccccc2)c2ccccc2)cc1. The van der Waals surface area contributed by atoms with Crippen molar-refractivity contribution >= 4 is 27.0 Å². The highest BCUT2D eigenvalue weighted by Crippen LogP contribution is 2.30. The maximum absolute atomic E-state index is 12.5. The molecule has 36 heavy (non-hydrogen) atoms. The van der Waals surface area contributed by atoms with Crippen molar-refractivity contribution in [3.05, 3.63) is 91.0 Å². The molecule has 0 unspecified atom stereocenters. The molecule has 3 rings (SSSR count). The second-order valence-corrected chi connectivity index (χ2v) is 10.4. The van der Waals surface area contributed by atoms with Gasteiger partial charge < -0.3 is 18.8 Å². The second-order valence-electron chi connectivity index (χ2n) is 6.96. The maximum atomic E-state index is 12.5. The first-order valence-corrected chi connectivity index (χ1v) is 13.3. The van der Waals surface area contributed by atoms with Crippen LogP contribution < -0.4 is 0 Å². The average molecular weight is 541 g/mol. The van der Waals surface area contributed by atoms with Crippen molar-refractivity contribution in [2.45, 2.75) is 19.9 Å². The lowest BCUT2D eigenvalue weighted by Crippen LogP contribution is -2.39. The van der Waals surface area contributed by atoms with E-state index in [0.29, 0.717) is 0 Å². The molecule has 0 bridgehead atoms. The quantitative estimate of drug-likeness (QED) is 0.156. The number of benzene rings is 3. The molecule has 0 aliphatic carbocycles. The van der Waals surface area contributed by atoms with Crippen molar-refractivity contribution in [1.29, 1.82) is 0 Å². The van der Waals surface area contributed by atoms with Crippen LogP contribution in [-0.4, -0.2) is 57.7 Å². The van der Waals surface area contributed by atoms with Gasteiger partial charge in [-0.1, -0.05) is 54.6 Å². The molecule has 0 spiro atoms. The number of ether oxygens (including phenoxy) is 3. The summed E-state index contributed by atoms with van der Waals surface area (Å²) < 4.78 is 68.3. The van der Waals surface area contributed by atoms with E-state index in [1.165, 1.54) is 21.8 Å². The Labute approximate surface area is 212 Å². The number of rotatable bonds is 11. The van der Waals surface area contributed by atoms with E-state index in [1.54, 1.807) is 0 Å². The predicted octanol–water partition coefficient (Wildman–Crippen LogP) is 4.11. The average Bonchev–Trinajstić information content (AvgIpc) is 2.88. The summed E-state index contributed by atoms with van der Waals surface area (Å²) in [5.74, 6) is -2.41. The van der Waals surface area contributed by atoms with Gasteiger partial charge in [0.05, 0.1) is 30.7 Å². The van der Waals surface area contributed by atoms with Crippen LogP contribution in [0.2, 0.25) is 0 Å². The largest absolute Gasteiger partial charge is 0.743 e. The zero-order chi connectivity index (χ0) is 26.4. The summed E-state index contributed by atoms with van der Waals surface area (Å²) in [6, 6.07) is 32.2. The van der Waals surface area contributed by atoms with E-state index >= 15 is 0 Å². The molecule has 7 nitrogen and oxygen atoms in total. The number of hydrogen-bond acceptors (Lipinski definition) is 7. The molecule has 0 saturated heterocycles. The monoisotopic (exact) mass is 540 g/mol. The fourth-order valence-corrected chi connectivity index (χ4v) is 5.07. The summed E-state index contributed by atoms with van der Waals surface area (Å²) in [7, 11) is -4.67. The summed E-state index contributed by atoms with van der Waals surface area (Å²) >= 11 is 0. The Bertz CT molecular complexity index is 1050. The lowest BCUT2D eigenvalue weighted by molar-refractivity contribution is -0.163. The number of carbonyl (C=O) groups excluding carboxylic acids is 1. The molecule has 0 aliphatic heterocycles. The standard InChI is InChI=1S/C18H15S.C7H12F2O7S/c1-4-10-16(11-5-1)19(17-12-6-2-7-13-17)18-14-8-3-9-15-18;1-14-2-3-15-4-5-16-6(10)7(8,9)17(11,12)13/h1-15H;2-5H2,1H3,(H,11,12,13)/q+1;/p-1. The molecule has 0 heterocycles. The Morgan fingerprint density at radius 3 is 1.53 bits per heavy atom. The lowest BCUT2D eigenvalue weighted by atomic mass is 10.4. The summed E-state index contributed by atoms with van der Waals surface area (Å²) in [4.78, 5) is 14.7. The van der Waals surface area contributed by atoms with Gasteiger partial charge in [0.1, 0.15) is 6.61 Å². The first-order chi connectivity index (χ1) is 17.2. The van der Waals surface area contributed by atoms with Crippen LogP contribution in [0, 0.1) is 0 Å². The van der Waals surface area contributed by atoms with Gasteiger partial charge in [-0.25, -0.2) is 13.2 Å². The molecule has 0 amide bonds. The Kier molecular flexibility index (Phi) is 12.0. The molecule has 0 fully saturated rings. The topological polar surface area (TPSA) is 102 Å². The number of esters is 1. The third kappa shape index (κ3) is 8.99. The van der Waals surface area contributed by atoms with Crippen LogP contribution in [0.4, 0.5) is 8.78 Å². The highest BCUT2D eigenvalue weighted by Gasteiger charge is 2.48. The Balaban J connectivity index is 0.000000256. The Morgan fingerprint density at radius 1 is 0.778 bits per heavy atom. The smallest absolute Gasteiger partial charge is 0.428 e. The van der Waals surface area contributed by atoms with Crippen molar-refractivity contribution in [2.24, 2.45) is 0 Å². The molecule has 0 N–H and O–H groups in total. The number of alkyl halides is 2. The lowest BCUT2D eigenvalue weighted by Gasteiger charge is -2.17. The van der Waals surface area contributed by atoms with Gasteiger partial charge >= 0.3 is 11.2 Å². The molecule has 0 aliphatic rings. The van der Waals surface area contributed by atoms with Gasteiger partial charge in [0, 0.05) is 7.11 Å². The van der Waals surface area contributed by atoms with Crippen LogP contribution in [-0.2, 0) is 40.0 Å². The van der Waals surface area contributed by atoms with E-state index < -0.39 is 27.9 Å². The minimum atomic E-state index is -6.07. The van der Waals surface area contributed by atoms with Crippen molar-refractivity contribution in [3.8, 4) is 0 Å². The molecular weight excluding hydrogens is 514 g/mol. The summed E-state index contributed by atoms with van der Waals surface area (Å²) in [5.41, 5.74) is 0. The minimum Gasteiger partial charge on any atom is -0.743 e. The zero-order valence-electron chi connectivity index (χ0n) is 19.4. The van der Waals surface area contributed by atoms with Gasteiger partial charge in [0.15, 0.2) is 24.8 Å². The van der Waals surface area contributed by atoms with Crippen molar-refractivity contribution < 1.29 is 40.8 Å². The van der Waals surface area contributed by atoms with Crippen molar-refractivity contribution in [1.82, 2.24) is 0 Å². The number of halogens is 2. The number of hydrogen-bond donors (Lipinski definition) is 0. The van der Waals surface area contributed by atoms with E-state index in [4.69, 9.17) is 4.74 Å². The van der Waals surface area contributed by atoms with Crippen molar-refractivity contribution in [3.63, 3.8) is 0 Å². The maximum Gasteiger partial charge on any atom is 0.428 e. The van der Waals surface area contributed by atoms with Crippen LogP contribution in [0.25, 0.3) is 0 Å². The van der Waals surface area contributed by atoms with Gasteiger partial charge in [-0.05, 0) is 36.4 Å². The molecule has 0 radical (unpaired) electrons. The number of carbonyl (C=O) groups is 1. The van der Waals surface area contributed by atoms with Gasteiger partial charge in [-0.3, -0.25) is 0 Å².